The average molecular weight is 253 g/mol. The van der Waals surface area contributed by atoms with Crippen molar-refractivity contribution in [2.75, 3.05) is 6.54 Å². The lowest BCUT2D eigenvalue weighted by molar-refractivity contribution is -0.0867. The van der Waals surface area contributed by atoms with E-state index in [1.54, 1.807) is 0 Å². The highest BCUT2D eigenvalue weighted by atomic mass is 16.5. The molecule has 3 atom stereocenters. The first-order valence-corrected chi connectivity index (χ1v) is 7.76. The molecule has 2 rings (SSSR count). The van der Waals surface area contributed by atoms with Gasteiger partial charge in [0.1, 0.15) is 0 Å². The minimum absolute atomic E-state index is 0.365. The smallest absolute Gasteiger partial charge is 0.0732 e. The van der Waals surface area contributed by atoms with Crippen LogP contribution in [0.5, 0.6) is 0 Å². The van der Waals surface area contributed by atoms with Crippen molar-refractivity contribution in [1.29, 1.82) is 0 Å². The largest absolute Gasteiger partial charge is 0.372 e. The first-order chi connectivity index (χ1) is 8.38. The average Bonchev–Trinajstić information content (AvgIpc) is 2.32. The molecule has 2 aliphatic rings. The van der Waals surface area contributed by atoms with E-state index in [9.17, 15) is 0 Å². The lowest BCUT2D eigenvalue weighted by Gasteiger charge is -2.42. The summed E-state index contributed by atoms with van der Waals surface area (Å²) in [5, 5.41) is 3.60. The number of hydrogen-bond donors (Lipinski definition) is 1. The molecule has 1 N–H and O–H groups in total. The van der Waals surface area contributed by atoms with E-state index in [4.69, 9.17) is 4.74 Å². The molecule has 2 nitrogen and oxygen atoms in total. The van der Waals surface area contributed by atoms with Gasteiger partial charge in [0.05, 0.1) is 12.2 Å². The molecule has 3 unspecified atom stereocenters. The Morgan fingerprint density at radius 1 is 1.00 bits per heavy atom. The Morgan fingerprint density at radius 2 is 1.61 bits per heavy atom. The third-order valence-corrected chi connectivity index (χ3v) is 5.26. The fourth-order valence-corrected chi connectivity index (χ4v) is 3.54. The molecule has 0 aromatic heterocycles. The fraction of sp³-hybridized carbons (Fsp3) is 1.00. The lowest BCUT2D eigenvalue weighted by atomic mass is 9.69. The molecule has 1 heterocycles. The quantitative estimate of drug-likeness (QED) is 0.771. The molecule has 0 amide bonds. The molecule has 1 aliphatic carbocycles. The van der Waals surface area contributed by atoms with E-state index in [1.165, 1.54) is 25.7 Å². The van der Waals surface area contributed by atoms with Gasteiger partial charge in [0.2, 0.25) is 0 Å². The van der Waals surface area contributed by atoms with Gasteiger partial charge in [-0.3, -0.25) is 0 Å². The van der Waals surface area contributed by atoms with E-state index in [1.807, 2.05) is 0 Å². The van der Waals surface area contributed by atoms with E-state index < -0.39 is 0 Å². The van der Waals surface area contributed by atoms with Gasteiger partial charge in [-0.2, -0.15) is 0 Å². The molecule has 2 fully saturated rings. The summed E-state index contributed by atoms with van der Waals surface area (Å²) < 4.78 is 6.20. The second-order valence-electron chi connectivity index (χ2n) is 7.55. The van der Waals surface area contributed by atoms with Gasteiger partial charge < -0.3 is 10.1 Å². The Labute approximate surface area is 113 Å². The highest BCUT2D eigenvalue weighted by Gasteiger charge is 2.35. The third kappa shape index (κ3) is 3.27. The van der Waals surface area contributed by atoms with Crippen LogP contribution in [0, 0.1) is 17.3 Å². The van der Waals surface area contributed by atoms with Crippen LogP contribution in [0.4, 0.5) is 0 Å². The van der Waals surface area contributed by atoms with Crippen LogP contribution in [-0.4, -0.2) is 24.8 Å². The van der Waals surface area contributed by atoms with E-state index in [2.05, 4.69) is 39.9 Å². The lowest BCUT2D eigenvalue weighted by Crippen LogP contribution is -2.52. The van der Waals surface area contributed by atoms with Crippen LogP contribution in [0.25, 0.3) is 0 Å². The SMILES string of the molecule is CC1NCC(C2CCC(C(C)(C)C)CC2)OC1C. The van der Waals surface area contributed by atoms with E-state index >= 15 is 0 Å². The van der Waals surface area contributed by atoms with Crippen LogP contribution in [0.1, 0.15) is 60.3 Å². The predicted molar refractivity (Wildman–Crippen MR) is 76.7 cm³/mol. The molecular weight excluding hydrogens is 222 g/mol. The van der Waals surface area contributed by atoms with Crippen LogP contribution >= 0.6 is 0 Å². The van der Waals surface area contributed by atoms with Gasteiger partial charge in [0, 0.05) is 12.6 Å². The topological polar surface area (TPSA) is 21.3 Å². The summed E-state index contributed by atoms with van der Waals surface area (Å²) in [5.74, 6) is 1.69. The monoisotopic (exact) mass is 253 g/mol. The molecule has 0 bridgehead atoms. The van der Waals surface area contributed by atoms with Gasteiger partial charge in [-0.05, 0) is 56.8 Å². The van der Waals surface area contributed by atoms with Crippen LogP contribution in [0.15, 0.2) is 0 Å². The number of rotatable bonds is 1. The van der Waals surface area contributed by atoms with Crippen molar-refractivity contribution in [3.63, 3.8) is 0 Å². The van der Waals surface area contributed by atoms with Crippen molar-refractivity contribution >= 4 is 0 Å². The summed E-state index contributed by atoms with van der Waals surface area (Å²) in [6.45, 7) is 12.6. The summed E-state index contributed by atoms with van der Waals surface area (Å²) in [6, 6.07) is 0.507. The van der Waals surface area contributed by atoms with Crippen LogP contribution in [0.2, 0.25) is 0 Å². The Balaban J connectivity index is 1.83. The number of morpholine rings is 1. The first-order valence-electron chi connectivity index (χ1n) is 7.76. The van der Waals surface area contributed by atoms with Crippen LogP contribution in [0.3, 0.4) is 0 Å². The van der Waals surface area contributed by atoms with Crippen molar-refractivity contribution in [3.8, 4) is 0 Å². The molecule has 2 heteroatoms. The first kappa shape index (κ1) is 14.3. The third-order valence-electron chi connectivity index (χ3n) is 5.26. The molecular formula is C16H31NO. The summed E-state index contributed by atoms with van der Waals surface area (Å²) in [4.78, 5) is 0. The molecule has 1 saturated heterocycles. The van der Waals surface area contributed by atoms with Gasteiger partial charge in [-0.1, -0.05) is 20.8 Å². The number of ether oxygens (including phenoxy) is 1. The minimum atomic E-state index is 0.365. The molecule has 0 radical (unpaired) electrons. The summed E-state index contributed by atoms with van der Waals surface area (Å²) in [7, 11) is 0. The molecule has 1 saturated carbocycles. The van der Waals surface area contributed by atoms with Crippen molar-refractivity contribution in [2.24, 2.45) is 17.3 Å². The molecule has 0 spiro atoms. The standard InChI is InChI=1S/C16H31NO/c1-11-12(2)18-15(10-17-11)13-6-8-14(9-7-13)16(3,4)5/h11-15,17H,6-10H2,1-5H3. The Bertz CT molecular complexity index is 263. The van der Waals surface area contributed by atoms with E-state index in [0.717, 1.165) is 18.4 Å². The fourth-order valence-electron chi connectivity index (χ4n) is 3.54. The zero-order valence-corrected chi connectivity index (χ0v) is 12.8. The summed E-state index contributed by atoms with van der Waals surface area (Å²) in [5.41, 5.74) is 0.485. The van der Waals surface area contributed by atoms with Crippen molar-refractivity contribution < 1.29 is 4.74 Å². The maximum absolute atomic E-state index is 6.20. The molecule has 0 aromatic carbocycles. The van der Waals surface area contributed by atoms with Crippen molar-refractivity contribution in [3.05, 3.63) is 0 Å². The summed E-state index contributed by atoms with van der Waals surface area (Å²) in [6.07, 6.45) is 6.31. The van der Waals surface area contributed by atoms with E-state index in [0.29, 0.717) is 23.7 Å². The van der Waals surface area contributed by atoms with Gasteiger partial charge >= 0.3 is 0 Å². The second kappa shape index (κ2) is 5.50. The van der Waals surface area contributed by atoms with Crippen molar-refractivity contribution in [2.45, 2.75) is 78.6 Å². The molecule has 1 aliphatic heterocycles. The molecule has 106 valence electrons. The van der Waals surface area contributed by atoms with Gasteiger partial charge in [-0.15, -0.1) is 0 Å². The highest BCUT2D eigenvalue weighted by Crippen LogP contribution is 2.41. The Morgan fingerprint density at radius 3 is 2.11 bits per heavy atom. The zero-order valence-electron chi connectivity index (χ0n) is 12.8. The van der Waals surface area contributed by atoms with Crippen molar-refractivity contribution in [1.82, 2.24) is 5.32 Å². The second-order valence-corrected chi connectivity index (χ2v) is 7.55. The maximum atomic E-state index is 6.20. The normalized spacial score (nSPS) is 42.8. The molecule has 0 aromatic rings. The van der Waals surface area contributed by atoms with Crippen LogP contribution < -0.4 is 5.32 Å². The van der Waals surface area contributed by atoms with Gasteiger partial charge in [-0.25, -0.2) is 0 Å². The molecule has 18 heavy (non-hydrogen) atoms. The van der Waals surface area contributed by atoms with Gasteiger partial charge in [0.15, 0.2) is 0 Å². The Kier molecular flexibility index (Phi) is 4.38. The summed E-state index contributed by atoms with van der Waals surface area (Å²) >= 11 is 0. The van der Waals surface area contributed by atoms with E-state index in [-0.39, 0.29) is 0 Å². The maximum Gasteiger partial charge on any atom is 0.0732 e. The van der Waals surface area contributed by atoms with Gasteiger partial charge in [0.25, 0.3) is 0 Å². The number of nitrogens with one attached hydrogen (secondary N) is 1. The predicted octanol–water partition coefficient (Wildman–Crippen LogP) is 3.60. The Hall–Kier alpha value is -0.0800. The zero-order chi connectivity index (χ0) is 13.3. The highest BCUT2D eigenvalue weighted by molar-refractivity contribution is 4.88. The minimum Gasteiger partial charge on any atom is -0.372 e. The number of hydrogen-bond acceptors (Lipinski definition) is 2. The van der Waals surface area contributed by atoms with Crippen LogP contribution in [-0.2, 0) is 4.74 Å².